The van der Waals surface area contributed by atoms with E-state index in [9.17, 15) is 0 Å². The summed E-state index contributed by atoms with van der Waals surface area (Å²) < 4.78 is 5.47. The Hall–Kier alpha value is -5.84. The van der Waals surface area contributed by atoms with Crippen molar-refractivity contribution in [1.29, 1.82) is 0 Å². The quantitative estimate of drug-likeness (QED) is 0.160. The van der Waals surface area contributed by atoms with E-state index in [1.165, 1.54) is 115 Å². The van der Waals surface area contributed by atoms with Crippen LogP contribution in [0.15, 0.2) is 140 Å². The zero-order valence-electron chi connectivity index (χ0n) is 32.7. The van der Waals surface area contributed by atoms with Crippen LogP contribution in [0.25, 0.3) is 64.6 Å². The number of para-hydroxylation sites is 1. The van der Waals surface area contributed by atoms with Crippen molar-refractivity contribution in [3.8, 4) is 33.4 Å². The van der Waals surface area contributed by atoms with Gasteiger partial charge < -0.3 is 9.38 Å². The Morgan fingerprint density at radius 1 is 0.571 bits per heavy atom. The van der Waals surface area contributed by atoms with Crippen LogP contribution >= 0.6 is 11.3 Å². The lowest BCUT2D eigenvalue weighted by atomic mass is 9.44. The van der Waals surface area contributed by atoms with E-state index in [4.69, 9.17) is 0 Å². The first-order valence-electron chi connectivity index (χ1n) is 20.0. The Balaban J connectivity index is 1.26. The number of benzene rings is 7. The van der Waals surface area contributed by atoms with Crippen molar-refractivity contribution >= 4 is 77.4 Å². The molecule has 1 aliphatic carbocycles. The number of fused-ring (bicyclic) bond motifs is 12. The fourth-order valence-corrected chi connectivity index (χ4v) is 11.7. The van der Waals surface area contributed by atoms with E-state index in [-0.39, 0.29) is 17.7 Å². The summed E-state index contributed by atoms with van der Waals surface area (Å²) in [5.74, 6) is 0. The van der Waals surface area contributed by atoms with Gasteiger partial charge in [-0.15, -0.1) is 11.3 Å². The van der Waals surface area contributed by atoms with E-state index < -0.39 is 0 Å². The lowest BCUT2D eigenvalue weighted by molar-refractivity contribution is 0.590. The normalized spacial score (nSPS) is 14.7. The predicted molar refractivity (Wildman–Crippen MR) is 242 cm³/mol. The SMILES string of the molecule is Cc1cc2c3c(c1)N(c1ccc(C(C)(C)C)cc1-c1ccccc1)c1cc4c(cc1B3n1c3c-2cccc3c2sc3ccccc3c21)-c1ccccc1C4(C)C. The van der Waals surface area contributed by atoms with Crippen molar-refractivity contribution in [3.05, 3.63) is 162 Å². The van der Waals surface area contributed by atoms with Crippen LogP contribution in [0, 0.1) is 6.92 Å². The van der Waals surface area contributed by atoms with Gasteiger partial charge in [0, 0.05) is 48.9 Å². The van der Waals surface area contributed by atoms with E-state index in [2.05, 4.69) is 190 Å². The molecule has 0 saturated heterocycles. The Bertz CT molecular complexity index is 3170. The zero-order chi connectivity index (χ0) is 37.8. The van der Waals surface area contributed by atoms with Crippen LogP contribution in [-0.2, 0) is 10.8 Å². The van der Waals surface area contributed by atoms with Gasteiger partial charge in [-0.05, 0) is 98.1 Å². The van der Waals surface area contributed by atoms with Gasteiger partial charge in [-0.1, -0.05) is 144 Å². The highest BCUT2D eigenvalue weighted by Crippen LogP contribution is 2.54. The van der Waals surface area contributed by atoms with Gasteiger partial charge in [0.1, 0.15) is 0 Å². The van der Waals surface area contributed by atoms with Gasteiger partial charge in [0.05, 0.1) is 15.9 Å². The van der Waals surface area contributed by atoms with Crippen LogP contribution in [0.2, 0.25) is 0 Å². The Labute approximate surface area is 332 Å². The molecular formula is C52H41BN2S. The maximum Gasteiger partial charge on any atom is 0.333 e. The molecule has 268 valence electrons. The lowest BCUT2D eigenvalue weighted by Gasteiger charge is -2.42. The lowest BCUT2D eigenvalue weighted by Crippen LogP contribution is -2.57. The molecule has 4 heterocycles. The summed E-state index contributed by atoms with van der Waals surface area (Å²) in [4.78, 5) is 2.64. The summed E-state index contributed by atoms with van der Waals surface area (Å²) >= 11 is 1.94. The number of anilines is 3. The van der Waals surface area contributed by atoms with Gasteiger partial charge >= 0.3 is 6.85 Å². The van der Waals surface area contributed by atoms with E-state index in [0.29, 0.717) is 0 Å². The van der Waals surface area contributed by atoms with Crippen LogP contribution in [0.4, 0.5) is 17.1 Å². The van der Waals surface area contributed by atoms with E-state index in [1.807, 2.05) is 11.3 Å². The third-order valence-electron chi connectivity index (χ3n) is 13.2. The highest BCUT2D eigenvalue weighted by Gasteiger charge is 2.46. The van der Waals surface area contributed by atoms with Crippen molar-refractivity contribution in [1.82, 2.24) is 4.48 Å². The molecule has 9 aromatic rings. The van der Waals surface area contributed by atoms with E-state index in [1.54, 1.807) is 0 Å². The summed E-state index contributed by atoms with van der Waals surface area (Å²) in [6, 6.07) is 53.5. The van der Waals surface area contributed by atoms with Crippen LogP contribution in [0.1, 0.15) is 56.9 Å². The molecule has 0 amide bonds. The second kappa shape index (κ2) is 10.9. The molecule has 0 unspecified atom stereocenters. The van der Waals surface area contributed by atoms with E-state index in [0.717, 1.165) is 0 Å². The van der Waals surface area contributed by atoms with Crippen LogP contribution in [0.3, 0.4) is 0 Å². The summed E-state index contributed by atoms with van der Waals surface area (Å²) in [5, 5.41) is 2.70. The predicted octanol–water partition coefficient (Wildman–Crippen LogP) is 13.0. The molecule has 0 radical (unpaired) electrons. The molecule has 2 aliphatic heterocycles. The maximum absolute atomic E-state index is 2.75. The number of hydrogen-bond donors (Lipinski definition) is 0. The van der Waals surface area contributed by atoms with Crippen LogP contribution in [-0.4, -0.2) is 11.3 Å². The summed E-state index contributed by atoms with van der Waals surface area (Å²) in [6.07, 6.45) is 0. The highest BCUT2D eigenvalue weighted by molar-refractivity contribution is 7.27. The second-order valence-electron chi connectivity index (χ2n) is 17.8. The van der Waals surface area contributed by atoms with Gasteiger partial charge in [-0.2, -0.15) is 0 Å². The molecular weight excluding hydrogens is 695 g/mol. The van der Waals surface area contributed by atoms with Crippen molar-refractivity contribution in [3.63, 3.8) is 0 Å². The highest BCUT2D eigenvalue weighted by atomic mass is 32.1. The largest absolute Gasteiger partial charge is 0.374 e. The van der Waals surface area contributed by atoms with Gasteiger partial charge in [0.25, 0.3) is 0 Å². The number of rotatable bonds is 2. The third kappa shape index (κ3) is 4.13. The number of hydrogen-bond acceptors (Lipinski definition) is 2. The molecule has 7 aromatic carbocycles. The molecule has 0 saturated carbocycles. The summed E-state index contributed by atoms with van der Waals surface area (Å²) in [6.45, 7) is 14.1. The minimum Gasteiger partial charge on any atom is -0.374 e. The smallest absolute Gasteiger partial charge is 0.333 e. The molecule has 56 heavy (non-hydrogen) atoms. The van der Waals surface area contributed by atoms with Gasteiger partial charge in [0.15, 0.2) is 0 Å². The molecule has 4 heteroatoms. The van der Waals surface area contributed by atoms with Crippen LogP contribution < -0.4 is 15.8 Å². The molecule has 0 spiro atoms. The molecule has 3 aliphatic rings. The number of aryl methyl sites for hydroxylation is 1. The fraction of sp³-hybridized carbons (Fsp3) is 0.154. The Morgan fingerprint density at radius 3 is 2.16 bits per heavy atom. The van der Waals surface area contributed by atoms with E-state index >= 15 is 0 Å². The third-order valence-corrected chi connectivity index (χ3v) is 14.3. The Morgan fingerprint density at radius 2 is 1.32 bits per heavy atom. The monoisotopic (exact) mass is 736 g/mol. The molecule has 0 fully saturated rings. The number of aromatic nitrogens is 1. The Kier molecular flexibility index (Phi) is 6.32. The maximum atomic E-state index is 2.75. The standard InChI is InChI=1S/C52H41BN2S/c1-30-25-39-34-19-14-20-36-48(34)55(49-35-18-11-13-22-46(35)56-50(36)49)53-42-28-38-33-17-10-12-21-40(33)52(5,6)41(38)29-44(42)54(45(26-30)47(39)53)43-24-23-32(51(2,3)4)27-37(43)31-15-8-7-9-16-31/h7-29H,1-6H3. The van der Waals surface area contributed by atoms with Crippen LogP contribution in [0.5, 0.6) is 0 Å². The van der Waals surface area contributed by atoms with Gasteiger partial charge in [-0.25, -0.2) is 0 Å². The number of nitrogens with zero attached hydrogens (tertiary/aromatic N) is 2. The zero-order valence-corrected chi connectivity index (χ0v) is 33.5. The summed E-state index contributed by atoms with van der Waals surface area (Å²) in [7, 11) is 0. The fourth-order valence-electron chi connectivity index (χ4n) is 10.5. The van der Waals surface area contributed by atoms with Crippen molar-refractivity contribution in [2.24, 2.45) is 0 Å². The average molecular weight is 737 g/mol. The van der Waals surface area contributed by atoms with Crippen molar-refractivity contribution in [2.75, 3.05) is 4.90 Å². The molecule has 0 atom stereocenters. The molecule has 2 aromatic heterocycles. The first kappa shape index (κ1) is 32.4. The first-order chi connectivity index (χ1) is 27.1. The van der Waals surface area contributed by atoms with Crippen molar-refractivity contribution in [2.45, 2.75) is 52.4 Å². The second-order valence-corrected chi connectivity index (χ2v) is 18.9. The van der Waals surface area contributed by atoms with Crippen molar-refractivity contribution < 1.29 is 0 Å². The van der Waals surface area contributed by atoms with Gasteiger partial charge in [-0.3, -0.25) is 0 Å². The molecule has 0 N–H and O–H groups in total. The minimum atomic E-state index is -0.139. The molecule has 2 nitrogen and oxygen atoms in total. The summed E-state index contributed by atoms with van der Waals surface area (Å²) in [5.41, 5.74) is 22.4. The average Bonchev–Trinajstić information content (AvgIpc) is 3.81. The minimum absolute atomic E-state index is 0.00424. The number of thiophene rings is 1. The topological polar surface area (TPSA) is 8.17 Å². The molecule has 12 rings (SSSR count). The first-order valence-corrected chi connectivity index (χ1v) is 20.8. The molecule has 0 bridgehead atoms. The van der Waals surface area contributed by atoms with Gasteiger partial charge in [0.2, 0.25) is 0 Å².